The second kappa shape index (κ2) is 9.85. The number of hydrogen-bond donors (Lipinski definition) is 0. The van der Waals surface area contributed by atoms with Crippen LogP contribution in [0.5, 0.6) is 5.75 Å². The lowest BCUT2D eigenvalue weighted by Crippen LogP contribution is -2.23. The van der Waals surface area contributed by atoms with E-state index in [4.69, 9.17) is 9.47 Å². The predicted octanol–water partition coefficient (Wildman–Crippen LogP) is 7.08. The number of carbonyl (C=O) groups is 1. The van der Waals surface area contributed by atoms with E-state index >= 15 is 0 Å². The van der Waals surface area contributed by atoms with Crippen LogP contribution in [0, 0.1) is 17.7 Å². The Morgan fingerprint density at radius 3 is 2.40 bits per heavy atom. The molecule has 1 fully saturated rings. The van der Waals surface area contributed by atoms with E-state index in [-0.39, 0.29) is 23.6 Å². The summed E-state index contributed by atoms with van der Waals surface area (Å²) in [7, 11) is 3.07. The van der Waals surface area contributed by atoms with Crippen molar-refractivity contribution < 1.29 is 18.7 Å². The Morgan fingerprint density at radius 2 is 1.71 bits per heavy atom. The molecule has 4 heteroatoms. The van der Waals surface area contributed by atoms with Crippen molar-refractivity contribution in [3.8, 4) is 16.9 Å². The maximum atomic E-state index is 14.4. The van der Waals surface area contributed by atoms with Crippen molar-refractivity contribution in [1.82, 2.24) is 0 Å². The monoisotopic (exact) mass is 472 g/mol. The highest BCUT2D eigenvalue weighted by atomic mass is 19.1. The number of halogens is 1. The van der Waals surface area contributed by atoms with Gasteiger partial charge in [0.15, 0.2) is 0 Å². The fourth-order valence-electron chi connectivity index (χ4n) is 5.81. The number of methoxy groups -OCH3 is 2. The summed E-state index contributed by atoms with van der Waals surface area (Å²) in [6.45, 7) is 2.00. The smallest absolute Gasteiger partial charge is 0.309 e. The first-order valence-corrected chi connectivity index (χ1v) is 12.6. The number of esters is 1. The summed E-state index contributed by atoms with van der Waals surface area (Å²) in [6, 6.07) is 20.0. The van der Waals surface area contributed by atoms with E-state index in [9.17, 15) is 9.18 Å². The third-order valence-corrected chi connectivity index (χ3v) is 7.95. The largest absolute Gasteiger partial charge is 0.497 e. The standard InChI is InChI=1S/C31H33FO3/c1-19(31(33)35-3)30(23-10-11-23)25-13-7-21-6-12-24(16-26(21)17-25)20-4-8-22(9-5-20)28-18-27(34-2)14-15-29(28)32/h4-5,7-9,13-15,17-19,23-24,30H,6,10-12,16H2,1-3H3. The van der Waals surface area contributed by atoms with E-state index in [2.05, 4.69) is 30.3 Å². The zero-order valence-electron chi connectivity index (χ0n) is 20.7. The van der Waals surface area contributed by atoms with Crippen molar-refractivity contribution in [2.75, 3.05) is 14.2 Å². The number of aryl methyl sites for hydroxylation is 1. The van der Waals surface area contributed by atoms with Crippen molar-refractivity contribution in [2.45, 2.75) is 50.9 Å². The molecule has 0 N–H and O–H groups in total. The molecule has 3 aromatic rings. The first-order valence-electron chi connectivity index (χ1n) is 12.6. The molecule has 1 saturated carbocycles. The Labute approximate surface area is 207 Å². The fraction of sp³-hybridized carbons (Fsp3) is 0.387. The zero-order valence-corrected chi connectivity index (χ0v) is 20.7. The molecule has 0 amide bonds. The van der Waals surface area contributed by atoms with E-state index in [1.165, 1.54) is 48.3 Å². The molecule has 5 rings (SSSR count). The normalized spacial score (nSPS) is 18.9. The molecule has 0 radical (unpaired) electrons. The van der Waals surface area contributed by atoms with Crippen LogP contribution in [0.1, 0.15) is 60.3 Å². The molecule has 2 aliphatic rings. The number of rotatable bonds is 7. The van der Waals surface area contributed by atoms with Gasteiger partial charge >= 0.3 is 5.97 Å². The molecule has 0 aromatic heterocycles. The van der Waals surface area contributed by atoms with E-state index in [0.29, 0.717) is 23.1 Å². The van der Waals surface area contributed by atoms with Gasteiger partial charge in [-0.3, -0.25) is 4.79 Å². The summed E-state index contributed by atoms with van der Waals surface area (Å²) in [5.41, 5.74) is 6.78. The lowest BCUT2D eigenvalue weighted by molar-refractivity contribution is -0.145. The van der Waals surface area contributed by atoms with E-state index in [1.54, 1.807) is 19.2 Å². The number of ether oxygens (including phenoxy) is 2. The third kappa shape index (κ3) is 4.84. The highest BCUT2D eigenvalue weighted by Crippen LogP contribution is 2.48. The minimum atomic E-state index is -0.246. The van der Waals surface area contributed by atoms with Gasteiger partial charge < -0.3 is 9.47 Å². The molecule has 2 aliphatic carbocycles. The van der Waals surface area contributed by atoms with E-state index in [1.807, 2.05) is 19.1 Å². The molecule has 0 bridgehead atoms. The summed E-state index contributed by atoms with van der Waals surface area (Å²) in [6.07, 6.45) is 5.51. The van der Waals surface area contributed by atoms with Gasteiger partial charge in [-0.25, -0.2) is 4.39 Å². The summed E-state index contributed by atoms with van der Waals surface area (Å²) in [5, 5.41) is 0. The van der Waals surface area contributed by atoms with Gasteiger partial charge in [-0.2, -0.15) is 0 Å². The van der Waals surface area contributed by atoms with Gasteiger partial charge in [0.1, 0.15) is 11.6 Å². The molecule has 182 valence electrons. The molecular formula is C31H33FO3. The number of hydrogen-bond acceptors (Lipinski definition) is 3. The number of benzene rings is 3. The van der Waals surface area contributed by atoms with Crippen molar-refractivity contribution in [3.05, 3.63) is 88.7 Å². The van der Waals surface area contributed by atoms with Crippen LogP contribution in [0.4, 0.5) is 4.39 Å². The molecule has 3 unspecified atom stereocenters. The summed E-state index contributed by atoms with van der Waals surface area (Å²) in [5.74, 6) is 1.38. The van der Waals surface area contributed by atoms with Crippen LogP contribution in [-0.2, 0) is 22.4 Å². The van der Waals surface area contributed by atoms with Crippen LogP contribution in [-0.4, -0.2) is 20.2 Å². The van der Waals surface area contributed by atoms with Crippen LogP contribution < -0.4 is 4.74 Å². The minimum absolute atomic E-state index is 0.120. The second-order valence-electron chi connectivity index (χ2n) is 10.1. The van der Waals surface area contributed by atoms with Crippen LogP contribution in [0.3, 0.4) is 0 Å². The molecule has 0 saturated heterocycles. The van der Waals surface area contributed by atoms with Gasteiger partial charge in [0.2, 0.25) is 0 Å². The Balaban J connectivity index is 1.37. The molecular weight excluding hydrogens is 439 g/mol. The molecule has 0 aliphatic heterocycles. The summed E-state index contributed by atoms with van der Waals surface area (Å²) in [4.78, 5) is 12.3. The van der Waals surface area contributed by atoms with Crippen LogP contribution in [0.2, 0.25) is 0 Å². The topological polar surface area (TPSA) is 35.5 Å². The first kappa shape index (κ1) is 23.6. The highest BCUT2D eigenvalue weighted by molar-refractivity contribution is 5.73. The molecule has 3 atom stereocenters. The van der Waals surface area contributed by atoms with Crippen LogP contribution in [0.25, 0.3) is 11.1 Å². The van der Waals surface area contributed by atoms with Gasteiger partial charge in [-0.15, -0.1) is 0 Å². The van der Waals surface area contributed by atoms with Gasteiger partial charge in [-0.05, 0) is 95.9 Å². The van der Waals surface area contributed by atoms with Crippen molar-refractivity contribution in [1.29, 1.82) is 0 Å². The molecule has 3 aromatic carbocycles. The van der Waals surface area contributed by atoms with Crippen LogP contribution >= 0.6 is 0 Å². The molecule has 3 nitrogen and oxygen atoms in total. The predicted molar refractivity (Wildman–Crippen MR) is 136 cm³/mol. The maximum Gasteiger partial charge on any atom is 0.309 e. The van der Waals surface area contributed by atoms with Gasteiger partial charge in [0, 0.05) is 5.56 Å². The maximum absolute atomic E-state index is 14.4. The number of carbonyl (C=O) groups excluding carboxylic acids is 1. The SMILES string of the molecule is COC(=O)C(C)C(c1ccc2c(c1)CC(c1ccc(-c3cc(OC)ccc3F)cc1)CC2)C1CC1. The van der Waals surface area contributed by atoms with E-state index < -0.39 is 0 Å². The van der Waals surface area contributed by atoms with Gasteiger partial charge in [-0.1, -0.05) is 49.4 Å². The van der Waals surface area contributed by atoms with Crippen molar-refractivity contribution in [3.63, 3.8) is 0 Å². The molecule has 0 heterocycles. The Kier molecular flexibility index (Phi) is 6.64. The molecule has 35 heavy (non-hydrogen) atoms. The Morgan fingerprint density at radius 1 is 0.943 bits per heavy atom. The van der Waals surface area contributed by atoms with Crippen LogP contribution in [0.15, 0.2) is 60.7 Å². The zero-order chi connectivity index (χ0) is 24.5. The second-order valence-corrected chi connectivity index (χ2v) is 10.1. The summed E-state index contributed by atoms with van der Waals surface area (Å²) >= 11 is 0. The average molecular weight is 473 g/mol. The first-order chi connectivity index (χ1) is 17.0. The lowest BCUT2D eigenvalue weighted by atomic mass is 9.76. The van der Waals surface area contributed by atoms with Crippen molar-refractivity contribution in [2.24, 2.45) is 11.8 Å². The lowest BCUT2D eigenvalue weighted by Gasteiger charge is -2.28. The van der Waals surface area contributed by atoms with Gasteiger partial charge in [0.05, 0.1) is 20.1 Å². The fourth-order valence-corrected chi connectivity index (χ4v) is 5.81. The highest BCUT2D eigenvalue weighted by Gasteiger charge is 2.39. The minimum Gasteiger partial charge on any atom is -0.497 e. The third-order valence-electron chi connectivity index (χ3n) is 7.95. The molecule has 0 spiro atoms. The number of fused-ring (bicyclic) bond motifs is 1. The summed E-state index contributed by atoms with van der Waals surface area (Å²) < 4.78 is 24.8. The van der Waals surface area contributed by atoms with Crippen molar-refractivity contribution >= 4 is 5.97 Å². The quantitative estimate of drug-likeness (QED) is 0.345. The average Bonchev–Trinajstić information content (AvgIpc) is 3.73. The van der Waals surface area contributed by atoms with Gasteiger partial charge in [0.25, 0.3) is 0 Å². The van der Waals surface area contributed by atoms with E-state index in [0.717, 1.165) is 24.8 Å². The Hall–Kier alpha value is -3.14. The Bertz CT molecular complexity index is 1210.